The Kier molecular flexibility index (Phi) is 10.1. The molecule has 0 saturated carbocycles. The molecule has 5 nitrogen and oxygen atoms in total. The largest absolute Gasteiger partial charge is 0.356 e. The molecule has 1 heterocycles. The first kappa shape index (κ1) is 23.7. The molecule has 0 bridgehead atoms. The lowest BCUT2D eigenvalue weighted by molar-refractivity contribution is 0.741. The highest BCUT2D eigenvalue weighted by molar-refractivity contribution is 14.0. The minimum Gasteiger partial charge on any atom is -0.356 e. The molecule has 0 aliphatic rings. The molecule has 0 fully saturated rings. The first-order valence-electron chi connectivity index (χ1n) is 9.96. The molecule has 0 saturated heterocycles. The van der Waals surface area contributed by atoms with Gasteiger partial charge in [-0.25, -0.2) is 0 Å². The van der Waals surface area contributed by atoms with Crippen LogP contribution in [0.3, 0.4) is 0 Å². The van der Waals surface area contributed by atoms with Gasteiger partial charge >= 0.3 is 0 Å². The van der Waals surface area contributed by atoms with Gasteiger partial charge in [-0.05, 0) is 35.6 Å². The Morgan fingerprint density at radius 3 is 2.27 bits per heavy atom. The molecule has 3 rings (SSSR count). The van der Waals surface area contributed by atoms with E-state index in [0.717, 1.165) is 30.9 Å². The summed E-state index contributed by atoms with van der Waals surface area (Å²) in [7, 11) is 1.78. The third-order valence-electron chi connectivity index (χ3n) is 4.74. The first-order valence-corrected chi connectivity index (χ1v) is 9.96. The summed E-state index contributed by atoms with van der Waals surface area (Å²) in [4.78, 5) is 16.1. The fourth-order valence-electron chi connectivity index (χ4n) is 3.10. The number of benzene rings is 2. The van der Waals surface area contributed by atoms with Gasteiger partial charge in [0.2, 0.25) is 0 Å². The SMILES string of the molecule is CN=C(NCCCc1ccccc1)NCc1ccc(Cn2ccccc2=O)cc1.I. The Hall–Kier alpha value is -2.61. The lowest BCUT2D eigenvalue weighted by atomic mass is 10.1. The van der Waals surface area contributed by atoms with Gasteiger partial charge in [-0.2, -0.15) is 0 Å². The monoisotopic (exact) mass is 516 g/mol. The van der Waals surface area contributed by atoms with Crippen LogP contribution < -0.4 is 16.2 Å². The summed E-state index contributed by atoms with van der Waals surface area (Å²) in [6, 6.07) is 24.0. The van der Waals surface area contributed by atoms with Crippen molar-refractivity contribution in [2.24, 2.45) is 4.99 Å². The quantitative estimate of drug-likeness (QED) is 0.207. The minimum atomic E-state index is 0. The number of pyridine rings is 1. The molecular formula is C24H29IN4O. The maximum absolute atomic E-state index is 11.8. The second kappa shape index (κ2) is 12.8. The summed E-state index contributed by atoms with van der Waals surface area (Å²) in [5.41, 5.74) is 3.64. The number of hydrogen-bond donors (Lipinski definition) is 2. The maximum atomic E-state index is 11.8. The normalized spacial score (nSPS) is 10.9. The molecule has 0 radical (unpaired) electrons. The number of guanidine groups is 1. The zero-order valence-electron chi connectivity index (χ0n) is 17.3. The molecule has 0 aliphatic carbocycles. The summed E-state index contributed by atoms with van der Waals surface area (Å²) in [6.45, 7) is 2.15. The number of aryl methyl sites for hydroxylation is 1. The third kappa shape index (κ3) is 7.67. The Balaban J connectivity index is 0.00000320. The zero-order valence-corrected chi connectivity index (χ0v) is 19.6. The van der Waals surface area contributed by atoms with Crippen molar-refractivity contribution in [2.45, 2.75) is 25.9 Å². The van der Waals surface area contributed by atoms with E-state index in [1.807, 2.05) is 18.3 Å². The summed E-state index contributed by atoms with van der Waals surface area (Å²) < 4.78 is 1.70. The van der Waals surface area contributed by atoms with Crippen LogP contribution in [-0.4, -0.2) is 24.1 Å². The second-order valence-electron chi connectivity index (χ2n) is 6.92. The van der Waals surface area contributed by atoms with Crippen LogP contribution in [0.1, 0.15) is 23.1 Å². The van der Waals surface area contributed by atoms with Crippen LogP contribution in [0.25, 0.3) is 0 Å². The average molecular weight is 516 g/mol. The smallest absolute Gasteiger partial charge is 0.250 e. The fraction of sp³-hybridized carbons (Fsp3) is 0.250. The standard InChI is InChI=1S/C24H28N4O.HI/c1-25-24(26-16-7-10-20-8-3-2-4-9-20)27-18-21-12-14-22(15-13-21)19-28-17-6-5-11-23(28)29;/h2-6,8-9,11-15,17H,7,10,16,18-19H2,1H3,(H2,25,26,27);1H. The highest BCUT2D eigenvalue weighted by Crippen LogP contribution is 2.06. The lowest BCUT2D eigenvalue weighted by Crippen LogP contribution is -2.37. The molecule has 0 unspecified atom stereocenters. The zero-order chi connectivity index (χ0) is 20.3. The minimum absolute atomic E-state index is 0. The average Bonchev–Trinajstić information content (AvgIpc) is 2.76. The fourth-order valence-corrected chi connectivity index (χ4v) is 3.10. The van der Waals surface area contributed by atoms with Gasteiger partial charge in [-0.15, -0.1) is 24.0 Å². The van der Waals surface area contributed by atoms with Crippen molar-refractivity contribution in [1.29, 1.82) is 0 Å². The van der Waals surface area contributed by atoms with Crippen molar-refractivity contribution in [3.63, 3.8) is 0 Å². The van der Waals surface area contributed by atoms with Crippen molar-refractivity contribution in [3.05, 3.63) is 106 Å². The van der Waals surface area contributed by atoms with Gasteiger partial charge in [0.1, 0.15) is 0 Å². The molecule has 0 aliphatic heterocycles. The van der Waals surface area contributed by atoms with Crippen molar-refractivity contribution < 1.29 is 0 Å². The van der Waals surface area contributed by atoms with Crippen LogP contribution in [0.15, 0.2) is 88.8 Å². The van der Waals surface area contributed by atoms with Gasteiger partial charge in [0, 0.05) is 32.4 Å². The van der Waals surface area contributed by atoms with Gasteiger partial charge < -0.3 is 15.2 Å². The predicted molar refractivity (Wildman–Crippen MR) is 135 cm³/mol. The Morgan fingerprint density at radius 1 is 0.867 bits per heavy atom. The molecule has 0 atom stereocenters. The Bertz CT molecular complexity index is 968. The molecule has 0 amide bonds. The van der Waals surface area contributed by atoms with Crippen LogP contribution in [0.5, 0.6) is 0 Å². The summed E-state index contributed by atoms with van der Waals surface area (Å²) >= 11 is 0. The van der Waals surface area contributed by atoms with Gasteiger partial charge in [0.15, 0.2) is 5.96 Å². The highest BCUT2D eigenvalue weighted by atomic mass is 127. The van der Waals surface area contributed by atoms with E-state index in [0.29, 0.717) is 13.1 Å². The van der Waals surface area contributed by atoms with Gasteiger partial charge in [-0.3, -0.25) is 9.79 Å². The molecule has 2 aromatic carbocycles. The molecule has 2 N–H and O–H groups in total. The van der Waals surface area contributed by atoms with Crippen LogP contribution >= 0.6 is 24.0 Å². The van der Waals surface area contributed by atoms with E-state index in [2.05, 4.69) is 64.2 Å². The van der Waals surface area contributed by atoms with Crippen molar-refractivity contribution in [3.8, 4) is 0 Å². The Morgan fingerprint density at radius 2 is 1.57 bits per heavy atom. The summed E-state index contributed by atoms with van der Waals surface area (Å²) in [5.74, 6) is 0.804. The molecule has 3 aromatic rings. The van der Waals surface area contributed by atoms with E-state index in [-0.39, 0.29) is 29.5 Å². The molecule has 158 valence electrons. The Labute approximate surface area is 195 Å². The molecule has 0 spiro atoms. The van der Waals surface area contributed by atoms with E-state index >= 15 is 0 Å². The molecule has 6 heteroatoms. The maximum Gasteiger partial charge on any atom is 0.250 e. The number of nitrogens with one attached hydrogen (secondary N) is 2. The van der Waals surface area contributed by atoms with Crippen LogP contribution in [0.2, 0.25) is 0 Å². The van der Waals surface area contributed by atoms with Crippen LogP contribution in [-0.2, 0) is 19.5 Å². The third-order valence-corrected chi connectivity index (χ3v) is 4.74. The van der Waals surface area contributed by atoms with Crippen LogP contribution in [0, 0.1) is 0 Å². The van der Waals surface area contributed by atoms with Crippen molar-refractivity contribution in [1.82, 2.24) is 15.2 Å². The van der Waals surface area contributed by atoms with Crippen molar-refractivity contribution >= 4 is 29.9 Å². The molecule has 1 aromatic heterocycles. The highest BCUT2D eigenvalue weighted by Gasteiger charge is 2.01. The number of nitrogens with zero attached hydrogens (tertiary/aromatic N) is 2. The van der Waals surface area contributed by atoms with Gasteiger partial charge in [0.05, 0.1) is 6.54 Å². The summed E-state index contributed by atoms with van der Waals surface area (Å²) in [6.07, 6.45) is 3.92. The van der Waals surface area contributed by atoms with Gasteiger partial charge in [-0.1, -0.05) is 60.7 Å². The van der Waals surface area contributed by atoms with Gasteiger partial charge in [0.25, 0.3) is 5.56 Å². The number of hydrogen-bond acceptors (Lipinski definition) is 2. The number of aliphatic imine (C=N–C) groups is 1. The first-order chi connectivity index (χ1) is 14.2. The number of halogens is 1. The number of aromatic nitrogens is 1. The van der Waals surface area contributed by atoms with E-state index in [1.54, 1.807) is 23.7 Å². The van der Waals surface area contributed by atoms with Crippen molar-refractivity contribution in [2.75, 3.05) is 13.6 Å². The summed E-state index contributed by atoms with van der Waals surface area (Å²) in [5, 5.41) is 6.71. The van der Waals surface area contributed by atoms with E-state index < -0.39 is 0 Å². The topological polar surface area (TPSA) is 58.4 Å². The van der Waals surface area contributed by atoms with Crippen LogP contribution in [0.4, 0.5) is 0 Å². The lowest BCUT2D eigenvalue weighted by Gasteiger charge is -2.12. The second-order valence-corrected chi connectivity index (χ2v) is 6.92. The van der Waals surface area contributed by atoms with E-state index in [1.165, 1.54) is 11.1 Å². The molecular weight excluding hydrogens is 487 g/mol. The van der Waals surface area contributed by atoms with E-state index in [4.69, 9.17) is 0 Å². The van der Waals surface area contributed by atoms with E-state index in [9.17, 15) is 4.79 Å². The number of rotatable bonds is 8. The molecule has 30 heavy (non-hydrogen) atoms. The predicted octanol–water partition coefficient (Wildman–Crippen LogP) is 3.81.